The van der Waals surface area contributed by atoms with E-state index in [1.807, 2.05) is 33.3 Å². The van der Waals surface area contributed by atoms with E-state index in [0.717, 1.165) is 103 Å². The van der Waals surface area contributed by atoms with Crippen LogP contribution in [0.25, 0.3) is 0 Å². The molecule has 0 aliphatic rings. The summed E-state index contributed by atoms with van der Waals surface area (Å²) in [5.41, 5.74) is 0. The molecule has 0 aliphatic heterocycles. The van der Waals surface area contributed by atoms with Crippen molar-refractivity contribution in [3.63, 3.8) is 0 Å². The summed E-state index contributed by atoms with van der Waals surface area (Å²) in [7, 11) is 1.45. The number of allylic oxidation sites excluding steroid dienone is 17. The normalized spacial score (nSPS) is 14.5. The Morgan fingerprint density at radius 2 is 0.867 bits per heavy atom. The molecule has 430 valence electrons. The highest BCUT2D eigenvalue weighted by atomic mass is 31.2. The summed E-state index contributed by atoms with van der Waals surface area (Å²) in [5, 5.41) is 3.03. The fraction of sp³-hybridized carbons (Fsp3) is 0.692. The van der Waals surface area contributed by atoms with Crippen LogP contribution in [0.4, 0.5) is 0 Å². The Morgan fingerprint density at radius 1 is 0.480 bits per heavy atom. The van der Waals surface area contributed by atoms with Crippen molar-refractivity contribution in [1.82, 2.24) is 5.32 Å². The maximum Gasteiger partial charge on any atom is 0.472 e. The summed E-state index contributed by atoms with van der Waals surface area (Å²) >= 11 is 0. The van der Waals surface area contributed by atoms with Crippen LogP contribution in [0.1, 0.15) is 239 Å². The van der Waals surface area contributed by atoms with E-state index in [9.17, 15) is 19.0 Å². The van der Waals surface area contributed by atoms with Crippen LogP contribution in [-0.4, -0.2) is 74.3 Å². The third-order valence-corrected chi connectivity index (χ3v) is 13.7. The van der Waals surface area contributed by atoms with Gasteiger partial charge in [-0.15, -0.1) is 0 Å². The number of hydrogen-bond donors (Lipinski definition) is 2. The zero-order chi connectivity index (χ0) is 55.0. The van der Waals surface area contributed by atoms with Crippen molar-refractivity contribution in [3.8, 4) is 0 Å². The topological polar surface area (TPSA) is 111 Å². The molecule has 10 heteroatoms. The largest absolute Gasteiger partial charge is 0.472 e. The van der Waals surface area contributed by atoms with Crippen molar-refractivity contribution in [2.75, 3.05) is 40.9 Å². The molecule has 0 rings (SSSR count). The molecule has 75 heavy (non-hydrogen) atoms. The van der Waals surface area contributed by atoms with Gasteiger partial charge in [-0.2, -0.15) is 0 Å². The van der Waals surface area contributed by atoms with Crippen LogP contribution in [0.15, 0.2) is 109 Å². The fourth-order valence-electron chi connectivity index (χ4n) is 8.04. The number of likely N-dealkylation sites (N-methyl/N-ethyl adjacent to an activating group) is 1. The number of amides is 1. The summed E-state index contributed by atoms with van der Waals surface area (Å²) in [6.07, 6.45) is 73.8. The highest BCUT2D eigenvalue weighted by molar-refractivity contribution is 7.47. The number of unbranched alkanes of at least 4 members (excludes halogenated alkanes) is 21. The monoisotopic (exact) mass is 1070 g/mol. The van der Waals surface area contributed by atoms with E-state index < -0.39 is 20.0 Å². The SMILES string of the molecule is CC/C=C\C/C=C\C/C=C\C/C=C\C/C=C\CCCC(=O)OC(/C=C\CCCCCCCCCCC)C(COP(=O)(O)OCC[N+](C)(C)C)NC(=O)CCCCCCCCCC/C=C\C/C=C\C/C=C\CCCCC. The molecule has 0 heterocycles. The van der Waals surface area contributed by atoms with E-state index in [4.69, 9.17) is 13.8 Å². The summed E-state index contributed by atoms with van der Waals surface area (Å²) in [6, 6.07) is -0.882. The van der Waals surface area contributed by atoms with Gasteiger partial charge in [0.2, 0.25) is 5.91 Å². The van der Waals surface area contributed by atoms with E-state index in [1.54, 1.807) is 0 Å². The molecule has 0 fully saturated rings. The van der Waals surface area contributed by atoms with Gasteiger partial charge in [-0.3, -0.25) is 18.6 Å². The molecule has 1 amide bonds. The molecule has 3 unspecified atom stereocenters. The molecule has 0 saturated carbocycles. The third-order valence-electron chi connectivity index (χ3n) is 12.7. The molecule has 2 N–H and O–H groups in total. The molecule has 0 radical (unpaired) electrons. The van der Waals surface area contributed by atoms with E-state index in [1.165, 1.54) is 96.3 Å². The number of nitrogens with zero attached hydrogens (tertiary/aromatic N) is 1. The summed E-state index contributed by atoms with van der Waals surface area (Å²) in [6.45, 7) is 6.81. The van der Waals surface area contributed by atoms with Gasteiger partial charge in [-0.25, -0.2) is 4.57 Å². The lowest BCUT2D eigenvalue weighted by Gasteiger charge is -2.27. The van der Waals surface area contributed by atoms with E-state index >= 15 is 0 Å². The van der Waals surface area contributed by atoms with Crippen molar-refractivity contribution < 1.29 is 37.3 Å². The van der Waals surface area contributed by atoms with Gasteiger partial charge in [0.05, 0.1) is 33.8 Å². The van der Waals surface area contributed by atoms with Gasteiger partial charge in [0.15, 0.2) is 0 Å². The Labute approximate surface area is 461 Å². The first-order valence-electron chi connectivity index (χ1n) is 30.2. The number of phosphoric ester groups is 1. The number of hydrogen-bond acceptors (Lipinski definition) is 6. The molecule has 0 aromatic heterocycles. The van der Waals surface area contributed by atoms with Crippen LogP contribution >= 0.6 is 7.82 Å². The van der Waals surface area contributed by atoms with Crippen molar-refractivity contribution in [3.05, 3.63) is 109 Å². The summed E-state index contributed by atoms with van der Waals surface area (Å²) in [5.74, 6) is -0.589. The highest BCUT2D eigenvalue weighted by Crippen LogP contribution is 2.43. The molecule has 0 aliphatic carbocycles. The zero-order valence-corrected chi connectivity index (χ0v) is 49.9. The number of esters is 1. The smallest absolute Gasteiger partial charge is 0.456 e. The van der Waals surface area contributed by atoms with Gasteiger partial charge >= 0.3 is 13.8 Å². The Balaban J connectivity index is 5.34. The average molecular weight is 1070 g/mol. The van der Waals surface area contributed by atoms with Crippen LogP contribution in [0.2, 0.25) is 0 Å². The van der Waals surface area contributed by atoms with Crippen molar-refractivity contribution in [2.45, 2.75) is 251 Å². The first-order chi connectivity index (χ1) is 36.4. The van der Waals surface area contributed by atoms with E-state index in [0.29, 0.717) is 23.9 Å². The quantitative estimate of drug-likeness (QED) is 0.0205. The minimum atomic E-state index is -4.47. The number of ether oxygens (including phenoxy) is 1. The Bertz CT molecular complexity index is 1650. The number of carbonyl (C=O) groups is 2. The number of nitrogens with one attached hydrogen (secondary N) is 1. The van der Waals surface area contributed by atoms with E-state index in [2.05, 4.69) is 123 Å². The standard InChI is InChI=1S/C65H113N2O7P/c1-7-10-13-16-19-22-25-27-29-31-32-33-34-36-37-39-42-45-48-51-54-57-64(68)66-62(61-73-75(70,71)72-60-59-67(4,5)6)63(56-53-50-47-44-41-24-21-18-15-12-9-3)74-65(69)58-55-52-49-46-43-40-38-35-30-28-26-23-20-17-14-11-8-2/h11,14,19-20,22-23,27-30,32-33,38,40,46,49,53,56,62-63H,7-10,12-13,15-18,21,24-26,31,34-37,39,41-45,47-48,50-52,54-55,57-61H2,1-6H3,(H-,66,68,70,71)/p+1/b14-11-,22-19-,23-20-,29-27-,30-28-,33-32-,40-38-,49-46-,56-53-. The van der Waals surface area contributed by atoms with Crippen LogP contribution < -0.4 is 5.32 Å². The molecular formula is C65H114N2O7P+. The van der Waals surface area contributed by atoms with Gasteiger partial charge in [-0.1, -0.05) is 227 Å². The molecule has 0 spiro atoms. The predicted molar refractivity (Wildman–Crippen MR) is 323 cm³/mol. The van der Waals surface area contributed by atoms with Crippen LogP contribution in [0, 0.1) is 0 Å². The minimum Gasteiger partial charge on any atom is -0.456 e. The predicted octanol–water partition coefficient (Wildman–Crippen LogP) is 18.6. The second-order valence-corrected chi connectivity index (χ2v) is 22.6. The van der Waals surface area contributed by atoms with Crippen molar-refractivity contribution in [1.29, 1.82) is 0 Å². The molecule has 9 nitrogen and oxygen atoms in total. The molecule has 0 aromatic rings. The number of quaternary nitrogens is 1. The molecule has 0 saturated heterocycles. The highest BCUT2D eigenvalue weighted by Gasteiger charge is 2.30. The van der Waals surface area contributed by atoms with Gasteiger partial charge in [-0.05, 0) is 109 Å². The molecule has 0 aromatic carbocycles. The third kappa shape index (κ3) is 55.2. The van der Waals surface area contributed by atoms with Crippen LogP contribution in [0.3, 0.4) is 0 Å². The minimum absolute atomic E-state index is 0.0243. The fourth-order valence-corrected chi connectivity index (χ4v) is 8.78. The first-order valence-corrected chi connectivity index (χ1v) is 31.7. The zero-order valence-electron chi connectivity index (χ0n) is 49.0. The van der Waals surface area contributed by atoms with Gasteiger partial charge in [0.25, 0.3) is 0 Å². The van der Waals surface area contributed by atoms with Crippen molar-refractivity contribution >= 4 is 19.7 Å². The van der Waals surface area contributed by atoms with Crippen molar-refractivity contribution in [2.24, 2.45) is 0 Å². The summed E-state index contributed by atoms with van der Waals surface area (Å²) in [4.78, 5) is 37.6. The maximum absolute atomic E-state index is 13.5. The number of rotatable bonds is 53. The number of carbonyl (C=O) groups excluding carboxylic acids is 2. The lowest BCUT2D eigenvalue weighted by atomic mass is 10.0. The van der Waals surface area contributed by atoms with Gasteiger partial charge in [0, 0.05) is 12.8 Å². The Morgan fingerprint density at radius 3 is 1.33 bits per heavy atom. The van der Waals surface area contributed by atoms with E-state index in [-0.39, 0.29) is 31.5 Å². The maximum atomic E-state index is 13.5. The van der Waals surface area contributed by atoms with Gasteiger partial charge in [0.1, 0.15) is 19.3 Å². The number of phosphoric acid groups is 1. The second kappa shape index (κ2) is 54.0. The second-order valence-electron chi connectivity index (χ2n) is 21.1. The Hall–Kier alpha value is -3.33. The molecular weight excluding hydrogens is 952 g/mol. The first kappa shape index (κ1) is 71.7. The average Bonchev–Trinajstić information content (AvgIpc) is 3.37. The van der Waals surface area contributed by atoms with Crippen LogP contribution in [0.5, 0.6) is 0 Å². The van der Waals surface area contributed by atoms with Gasteiger partial charge < -0.3 is 19.4 Å². The molecule has 3 atom stereocenters. The summed E-state index contributed by atoms with van der Waals surface area (Å²) < 4.78 is 30.6. The van der Waals surface area contributed by atoms with Crippen LogP contribution in [-0.2, 0) is 27.9 Å². The lowest BCUT2D eigenvalue weighted by Crippen LogP contribution is -2.47. The Kier molecular flexibility index (Phi) is 51.6. The molecule has 0 bridgehead atoms. The lowest BCUT2D eigenvalue weighted by molar-refractivity contribution is -0.870.